The second-order valence-electron chi connectivity index (χ2n) is 4.33. The van der Waals surface area contributed by atoms with Crippen LogP contribution in [0.15, 0.2) is 18.2 Å². The van der Waals surface area contributed by atoms with Crippen LogP contribution in [0.4, 0.5) is 0 Å². The summed E-state index contributed by atoms with van der Waals surface area (Å²) in [6.07, 6.45) is 0.886. The lowest BCUT2D eigenvalue weighted by Gasteiger charge is -2.07. The van der Waals surface area contributed by atoms with E-state index in [0.717, 1.165) is 17.5 Å². The molecule has 1 rings (SSSR count). The Balaban J connectivity index is 2.50. The van der Waals surface area contributed by atoms with Gasteiger partial charge in [0.2, 0.25) is 5.91 Å². The Morgan fingerprint density at radius 1 is 1.11 bits per heavy atom. The van der Waals surface area contributed by atoms with Crippen molar-refractivity contribution in [1.82, 2.24) is 10.6 Å². The molecule has 0 bridgehead atoms. The van der Waals surface area contributed by atoms with Gasteiger partial charge in [-0.15, -0.1) is 0 Å². The average molecular weight is 248 g/mol. The van der Waals surface area contributed by atoms with E-state index in [1.807, 2.05) is 32.9 Å². The summed E-state index contributed by atoms with van der Waals surface area (Å²) in [6.45, 7) is 6.59. The first-order chi connectivity index (χ1) is 8.54. The lowest BCUT2D eigenvalue weighted by atomic mass is 10.1. The normalized spacial score (nSPS) is 9.94. The molecule has 4 nitrogen and oxygen atoms in total. The summed E-state index contributed by atoms with van der Waals surface area (Å²) in [5.41, 5.74) is 2.80. The average Bonchev–Trinajstić information content (AvgIpc) is 2.36. The molecule has 0 unspecified atom stereocenters. The molecule has 18 heavy (non-hydrogen) atoms. The van der Waals surface area contributed by atoms with Gasteiger partial charge in [0.1, 0.15) is 0 Å². The van der Waals surface area contributed by atoms with Gasteiger partial charge in [0, 0.05) is 12.1 Å². The van der Waals surface area contributed by atoms with Crippen molar-refractivity contribution in [3.05, 3.63) is 34.9 Å². The van der Waals surface area contributed by atoms with Crippen LogP contribution >= 0.6 is 0 Å². The largest absolute Gasteiger partial charge is 0.355 e. The van der Waals surface area contributed by atoms with E-state index in [9.17, 15) is 9.59 Å². The second-order valence-corrected chi connectivity index (χ2v) is 4.33. The fourth-order valence-electron chi connectivity index (χ4n) is 1.47. The number of rotatable bonds is 5. The number of benzene rings is 1. The van der Waals surface area contributed by atoms with Crippen molar-refractivity contribution in [3.63, 3.8) is 0 Å². The van der Waals surface area contributed by atoms with Gasteiger partial charge in [-0.2, -0.15) is 0 Å². The third-order valence-corrected chi connectivity index (χ3v) is 2.75. The monoisotopic (exact) mass is 248 g/mol. The zero-order chi connectivity index (χ0) is 13.5. The molecular formula is C14H20N2O2. The van der Waals surface area contributed by atoms with E-state index >= 15 is 0 Å². The van der Waals surface area contributed by atoms with Crippen molar-refractivity contribution in [1.29, 1.82) is 0 Å². The topological polar surface area (TPSA) is 58.2 Å². The Morgan fingerprint density at radius 2 is 1.83 bits per heavy atom. The minimum absolute atomic E-state index is 0.0196. The first kappa shape index (κ1) is 14.2. The lowest BCUT2D eigenvalue weighted by molar-refractivity contribution is -0.120. The highest BCUT2D eigenvalue weighted by molar-refractivity contribution is 5.96. The molecule has 0 aliphatic heterocycles. The van der Waals surface area contributed by atoms with Gasteiger partial charge in [-0.05, 0) is 43.5 Å². The third-order valence-electron chi connectivity index (χ3n) is 2.75. The molecule has 2 N–H and O–H groups in total. The van der Waals surface area contributed by atoms with Gasteiger partial charge in [0.15, 0.2) is 0 Å². The number of aryl methyl sites for hydroxylation is 2. The maximum absolute atomic E-state index is 11.8. The van der Waals surface area contributed by atoms with Crippen molar-refractivity contribution >= 4 is 11.8 Å². The van der Waals surface area contributed by atoms with Crippen LogP contribution in [0.2, 0.25) is 0 Å². The quantitative estimate of drug-likeness (QED) is 0.830. The molecule has 0 atom stereocenters. The van der Waals surface area contributed by atoms with Crippen LogP contribution in [-0.4, -0.2) is 24.9 Å². The van der Waals surface area contributed by atoms with Crippen LogP contribution in [0.1, 0.15) is 34.8 Å². The lowest BCUT2D eigenvalue weighted by Crippen LogP contribution is -2.37. The number of amides is 2. The van der Waals surface area contributed by atoms with Crippen molar-refractivity contribution in [2.45, 2.75) is 27.2 Å². The molecule has 1 aromatic rings. The van der Waals surface area contributed by atoms with Gasteiger partial charge in [0.05, 0.1) is 6.54 Å². The summed E-state index contributed by atoms with van der Waals surface area (Å²) in [6, 6.07) is 5.50. The summed E-state index contributed by atoms with van der Waals surface area (Å²) >= 11 is 0. The minimum atomic E-state index is -0.218. The SMILES string of the molecule is CCCNC(=O)CNC(=O)c1ccc(C)c(C)c1. The molecule has 0 fully saturated rings. The van der Waals surface area contributed by atoms with Gasteiger partial charge >= 0.3 is 0 Å². The zero-order valence-corrected chi connectivity index (χ0v) is 11.2. The number of nitrogens with one attached hydrogen (secondary N) is 2. The highest BCUT2D eigenvalue weighted by Crippen LogP contribution is 2.09. The van der Waals surface area contributed by atoms with Crippen LogP contribution in [0.5, 0.6) is 0 Å². The Kier molecular flexibility index (Phi) is 5.36. The van der Waals surface area contributed by atoms with Crippen molar-refractivity contribution < 1.29 is 9.59 Å². The maximum Gasteiger partial charge on any atom is 0.251 e. The molecular weight excluding hydrogens is 228 g/mol. The number of hydrogen-bond donors (Lipinski definition) is 2. The molecule has 1 aromatic carbocycles. The third kappa shape index (κ3) is 4.20. The van der Waals surface area contributed by atoms with Gasteiger partial charge < -0.3 is 10.6 Å². The molecule has 0 aliphatic carbocycles. The summed E-state index contributed by atoms with van der Waals surface area (Å²) in [5.74, 6) is -0.376. The van der Waals surface area contributed by atoms with Gasteiger partial charge in [-0.3, -0.25) is 9.59 Å². The van der Waals surface area contributed by atoms with E-state index in [0.29, 0.717) is 12.1 Å². The number of carbonyl (C=O) groups is 2. The van der Waals surface area contributed by atoms with Crippen LogP contribution < -0.4 is 10.6 Å². The predicted octanol–water partition coefficient (Wildman–Crippen LogP) is 1.56. The Hall–Kier alpha value is -1.84. The fourth-order valence-corrected chi connectivity index (χ4v) is 1.47. The van der Waals surface area contributed by atoms with E-state index in [-0.39, 0.29) is 18.4 Å². The van der Waals surface area contributed by atoms with E-state index in [2.05, 4.69) is 10.6 Å². The summed E-state index contributed by atoms with van der Waals surface area (Å²) in [5, 5.41) is 5.31. The predicted molar refractivity (Wildman–Crippen MR) is 71.5 cm³/mol. The molecule has 98 valence electrons. The molecule has 0 heterocycles. The first-order valence-corrected chi connectivity index (χ1v) is 6.16. The smallest absolute Gasteiger partial charge is 0.251 e. The van der Waals surface area contributed by atoms with Gasteiger partial charge in [-0.25, -0.2) is 0 Å². The van der Waals surface area contributed by atoms with Crippen LogP contribution in [0.25, 0.3) is 0 Å². The molecule has 0 spiro atoms. The first-order valence-electron chi connectivity index (χ1n) is 6.16. The van der Waals surface area contributed by atoms with Crippen LogP contribution in [-0.2, 0) is 4.79 Å². The minimum Gasteiger partial charge on any atom is -0.355 e. The standard InChI is InChI=1S/C14H20N2O2/c1-4-7-15-13(17)9-16-14(18)12-6-5-10(2)11(3)8-12/h5-6,8H,4,7,9H2,1-3H3,(H,15,17)(H,16,18). The number of carbonyl (C=O) groups excluding carboxylic acids is 2. The van der Waals surface area contributed by atoms with Crippen molar-refractivity contribution in [3.8, 4) is 0 Å². The molecule has 4 heteroatoms. The van der Waals surface area contributed by atoms with E-state index in [4.69, 9.17) is 0 Å². The molecule has 0 saturated carbocycles. The van der Waals surface area contributed by atoms with Gasteiger partial charge in [-0.1, -0.05) is 13.0 Å². The molecule has 0 saturated heterocycles. The Labute approximate surface area is 108 Å². The highest BCUT2D eigenvalue weighted by Gasteiger charge is 2.08. The molecule has 0 radical (unpaired) electrons. The molecule has 0 aliphatic rings. The maximum atomic E-state index is 11.8. The van der Waals surface area contributed by atoms with Crippen LogP contribution in [0.3, 0.4) is 0 Å². The van der Waals surface area contributed by atoms with E-state index in [1.54, 1.807) is 6.07 Å². The molecule has 2 amide bonds. The summed E-state index contributed by atoms with van der Waals surface area (Å²) in [7, 11) is 0. The van der Waals surface area contributed by atoms with Crippen LogP contribution in [0, 0.1) is 13.8 Å². The Morgan fingerprint density at radius 3 is 2.44 bits per heavy atom. The van der Waals surface area contributed by atoms with Crippen molar-refractivity contribution in [2.24, 2.45) is 0 Å². The fraction of sp³-hybridized carbons (Fsp3) is 0.429. The van der Waals surface area contributed by atoms with Crippen molar-refractivity contribution in [2.75, 3.05) is 13.1 Å². The number of hydrogen-bond acceptors (Lipinski definition) is 2. The second kappa shape index (κ2) is 6.79. The summed E-state index contributed by atoms with van der Waals surface area (Å²) < 4.78 is 0. The zero-order valence-electron chi connectivity index (χ0n) is 11.2. The van der Waals surface area contributed by atoms with E-state index in [1.165, 1.54) is 0 Å². The summed E-state index contributed by atoms with van der Waals surface area (Å²) in [4.78, 5) is 23.1. The van der Waals surface area contributed by atoms with Gasteiger partial charge in [0.25, 0.3) is 5.91 Å². The molecule has 0 aromatic heterocycles. The van der Waals surface area contributed by atoms with E-state index < -0.39 is 0 Å². The Bertz CT molecular complexity index is 441. The highest BCUT2D eigenvalue weighted by atomic mass is 16.2.